The van der Waals surface area contributed by atoms with Crippen LogP contribution in [0.15, 0.2) is 6.07 Å². The van der Waals surface area contributed by atoms with Crippen LogP contribution in [0.2, 0.25) is 0 Å². The van der Waals surface area contributed by atoms with Crippen molar-refractivity contribution >= 4 is 5.91 Å². The Morgan fingerprint density at radius 2 is 2.06 bits per heavy atom. The highest BCUT2D eigenvalue weighted by atomic mass is 16.7. The zero-order valence-corrected chi connectivity index (χ0v) is 11.8. The molecule has 0 unspecified atom stereocenters. The second-order valence-corrected chi connectivity index (χ2v) is 4.27. The Kier molecular flexibility index (Phi) is 5.37. The van der Waals surface area contributed by atoms with E-state index in [0.29, 0.717) is 5.56 Å². The number of amides is 1. The normalized spacial score (nSPS) is 10.7. The lowest BCUT2D eigenvalue weighted by molar-refractivity contribution is -0.0757. The van der Waals surface area contributed by atoms with Gasteiger partial charge in [-0.05, 0) is 26.3 Å². The minimum atomic E-state index is -0.122. The maximum Gasteiger partial charge on any atom is 0.278 e. The van der Waals surface area contributed by atoms with Crippen LogP contribution in [0.1, 0.15) is 28.2 Å². The van der Waals surface area contributed by atoms with Crippen molar-refractivity contribution < 1.29 is 14.4 Å². The highest BCUT2D eigenvalue weighted by molar-refractivity contribution is 5.94. The van der Waals surface area contributed by atoms with Crippen LogP contribution in [0.4, 0.5) is 0 Å². The van der Waals surface area contributed by atoms with Gasteiger partial charge in [-0.3, -0.25) is 9.63 Å². The van der Waals surface area contributed by atoms with Gasteiger partial charge in [0.15, 0.2) is 0 Å². The number of nitrogens with zero attached hydrogens (tertiary/aromatic N) is 2. The van der Waals surface area contributed by atoms with E-state index < -0.39 is 0 Å². The van der Waals surface area contributed by atoms with E-state index >= 15 is 0 Å². The molecule has 0 radical (unpaired) electrons. The van der Waals surface area contributed by atoms with Gasteiger partial charge in [-0.2, -0.15) is 0 Å². The van der Waals surface area contributed by atoms with Gasteiger partial charge in [-0.25, -0.2) is 5.06 Å². The highest BCUT2D eigenvalue weighted by Gasteiger charge is 2.18. The van der Waals surface area contributed by atoms with E-state index in [-0.39, 0.29) is 5.91 Å². The predicted octanol–water partition coefficient (Wildman–Crippen LogP) is 1.77. The van der Waals surface area contributed by atoms with Gasteiger partial charge in [-0.1, -0.05) is 0 Å². The quantitative estimate of drug-likeness (QED) is 0.574. The molecule has 1 rings (SSSR count). The molecular formula is C13H22N2O3. The summed E-state index contributed by atoms with van der Waals surface area (Å²) in [7, 11) is 4.78. The summed E-state index contributed by atoms with van der Waals surface area (Å²) in [6.45, 7) is 5.54. The zero-order valence-electron chi connectivity index (χ0n) is 11.8. The standard InChI is InChI=1S/C13H22N2O3/c1-10-9-12(13(16)14(3)18-5)11(2)15(10)7-6-8-17-4/h9H,6-8H2,1-5H3. The maximum absolute atomic E-state index is 12.1. The highest BCUT2D eigenvalue weighted by Crippen LogP contribution is 2.17. The third-order valence-corrected chi connectivity index (χ3v) is 3.09. The Hall–Kier alpha value is -1.33. The number of methoxy groups -OCH3 is 1. The van der Waals surface area contributed by atoms with Gasteiger partial charge in [-0.15, -0.1) is 0 Å². The second-order valence-electron chi connectivity index (χ2n) is 4.27. The molecule has 0 fully saturated rings. The summed E-state index contributed by atoms with van der Waals surface area (Å²) in [6, 6.07) is 1.90. The van der Waals surface area contributed by atoms with Gasteiger partial charge in [0.05, 0.1) is 12.7 Å². The summed E-state index contributed by atoms with van der Waals surface area (Å²) in [5, 5.41) is 1.24. The molecule has 1 heterocycles. The molecule has 0 atom stereocenters. The molecule has 0 aliphatic carbocycles. The van der Waals surface area contributed by atoms with Crippen molar-refractivity contribution in [2.75, 3.05) is 27.9 Å². The number of aryl methyl sites for hydroxylation is 1. The third kappa shape index (κ3) is 3.11. The van der Waals surface area contributed by atoms with Crippen LogP contribution in [0, 0.1) is 13.8 Å². The van der Waals surface area contributed by atoms with Crippen molar-refractivity contribution in [3.8, 4) is 0 Å². The van der Waals surface area contributed by atoms with Crippen molar-refractivity contribution in [2.24, 2.45) is 0 Å². The van der Waals surface area contributed by atoms with E-state index in [0.717, 1.165) is 31.0 Å². The van der Waals surface area contributed by atoms with Gasteiger partial charge in [0.1, 0.15) is 0 Å². The molecule has 0 saturated carbocycles. The summed E-state index contributed by atoms with van der Waals surface area (Å²) in [6.07, 6.45) is 0.931. The monoisotopic (exact) mass is 254 g/mol. The number of carbonyl (C=O) groups is 1. The Morgan fingerprint density at radius 3 is 2.61 bits per heavy atom. The minimum Gasteiger partial charge on any atom is -0.385 e. The molecule has 1 amide bonds. The fraction of sp³-hybridized carbons (Fsp3) is 0.615. The molecule has 0 saturated heterocycles. The van der Waals surface area contributed by atoms with Gasteiger partial charge < -0.3 is 9.30 Å². The lowest BCUT2D eigenvalue weighted by Gasteiger charge is -2.14. The minimum absolute atomic E-state index is 0.122. The van der Waals surface area contributed by atoms with Crippen LogP contribution in [-0.4, -0.2) is 43.4 Å². The predicted molar refractivity (Wildman–Crippen MR) is 69.5 cm³/mol. The van der Waals surface area contributed by atoms with E-state index in [2.05, 4.69) is 4.57 Å². The lowest BCUT2D eigenvalue weighted by Crippen LogP contribution is -2.25. The van der Waals surface area contributed by atoms with E-state index in [9.17, 15) is 4.79 Å². The third-order valence-electron chi connectivity index (χ3n) is 3.09. The molecule has 0 bridgehead atoms. The van der Waals surface area contributed by atoms with Crippen molar-refractivity contribution in [1.82, 2.24) is 9.63 Å². The summed E-state index contributed by atoms with van der Waals surface area (Å²) >= 11 is 0. The molecule has 0 spiro atoms. The number of aromatic nitrogens is 1. The SMILES string of the molecule is COCCCn1c(C)cc(C(=O)N(C)OC)c1C. The number of hydrogen-bond donors (Lipinski definition) is 0. The largest absolute Gasteiger partial charge is 0.385 e. The Balaban J connectivity index is 2.89. The average molecular weight is 254 g/mol. The van der Waals surface area contributed by atoms with Crippen LogP contribution in [-0.2, 0) is 16.1 Å². The number of rotatable bonds is 6. The number of ether oxygens (including phenoxy) is 1. The lowest BCUT2D eigenvalue weighted by atomic mass is 10.2. The maximum atomic E-state index is 12.1. The summed E-state index contributed by atoms with van der Waals surface area (Å²) < 4.78 is 7.18. The van der Waals surface area contributed by atoms with Crippen LogP contribution in [0.5, 0.6) is 0 Å². The smallest absolute Gasteiger partial charge is 0.278 e. The van der Waals surface area contributed by atoms with Crippen LogP contribution < -0.4 is 0 Å². The van der Waals surface area contributed by atoms with Crippen LogP contribution in [0.3, 0.4) is 0 Å². The first-order chi connectivity index (χ1) is 8.52. The Bertz CT molecular complexity index is 413. The summed E-state index contributed by atoms with van der Waals surface area (Å²) in [4.78, 5) is 17.0. The van der Waals surface area contributed by atoms with Gasteiger partial charge in [0.25, 0.3) is 5.91 Å². The molecule has 102 valence electrons. The Labute approximate surface area is 108 Å². The fourth-order valence-corrected chi connectivity index (χ4v) is 1.98. The second kappa shape index (κ2) is 6.56. The van der Waals surface area contributed by atoms with E-state index in [1.807, 2.05) is 19.9 Å². The van der Waals surface area contributed by atoms with Crippen LogP contribution >= 0.6 is 0 Å². The van der Waals surface area contributed by atoms with Gasteiger partial charge in [0, 0.05) is 38.7 Å². The summed E-state index contributed by atoms with van der Waals surface area (Å²) in [5.41, 5.74) is 2.74. The van der Waals surface area contributed by atoms with E-state index in [4.69, 9.17) is 9.57 Å². The Morgan fingerprint density at radius 1 is 1.39 bits per heavy atom. The topological polar surface area (TPSA) is 43.7 Å². The molecule has 0 aliphatic heterocycles. The average Bonchev–Trinajstić information content (AvgIpc) is 2.64. The molecular weight excluding hydrogens is 232 g/mol. The number of carbonyl (C=O) groups excluding carboxylic acids is 1. The van der Waals surface area contributed by atoms with Crippen molar-refractivity contribution in [1.29, 1.82) is 0 Å². The fourth-order valence-electron chi connectivity index (χ4n) is 1.98. The van der Waals surface area contributed by atoms with Crippen molar-refractivity contribution in [3.05, 3.63) is 23.0 Å². The van der Waals surface area contributed by atoms with E-state index in [1.54, 1.807) is 14.2 Å². The van der Waals surface area contributed by atoms with Gasteiger partial charge in [0.2, 0.25) is 0 Å². The molecule has 0 N–H and O–H groups in total. The molecule has 1 aromatic rings. The molecule has 0 aromatic carbocycles. The number of hydrogen-bond acceptors (Lipinski definition) is 3. The van der Waals surface area contributed by atoms with Gasteiger partial charge >= 0.3 is 0 Å². The molecule has 1 aromatic heterocycles. The van der Waals surface area contributed by atoms with E-state index in [1.165, 1.54) is 12.2 Å². The first-order valence-electron chi connectivity index (χ1n) is 6.00. The molecule has 18 heavy (non-hydrogen) atoms. The molecule has 5 heteroatoms. The van der Waals surface area contributed by atoms with Crippen LogP contribution in [0.25, 0.3) is 0 Å². The molecule has 0 aliphatic rings. The van der Waals surface area contributed by atoms with Crippen molar-refractivity contribution in [3.63, 3.8) is 0 Å². The number of hydroxylamine groups is 2. The summed E-state index contributed by atoms with van der Waals surface area (Å²) in [5.74, 6) is -0.122. The first kappa shape index (κ1) is 14.7. The van der Waals surface area contributed by atoms with Crippen molar-refractivity contribution in [2.45, 2.75) is 26.8 Å². The molecule has 5 nitrogen and oxygen atoms in total. The first-order valence-corrected chi connectivity index (χ1v) is 6.00. The zero-order chi connectivity index (χ0) is 13.7.